The summed E-state index contributed by atoms with van der Waals surface area (Å²) >= 11 is 1.32. The Morgan fingerprint density at radius 3 is 2.51 bits per heavy atom. The standard InChI is InChI=1S/C28H26FN3O2S/c1-18-9-3-4-11-21(18)22-13-8-15-31(27(22)33)17-20-10-7-16-32(20)28(34)25-26(35-19(2)30-25)23-12-5-6-14-24(23)29/h3-6,8-9,11-15,20H,7,10,16-17H2,1-2H3/t20-/m0/s1. The highest BCUT2D eigenvalue weighted by atomic mass is 32.1. The third-order valence-corrected chi connectivity index (χ3v) is 7.56. The summed E-state index contributed by atoms with van der Waals surface area (Å²) in [4.78, 5) is 33.8. The summed E-state index contributed by atoms with van der Waals surface area (Å²) in [6.07, 6.45) is 3.43. The summed E-state index contributed by atoms with van der Waals surface area (Å²) in [5, 5.41) is 0.713. The van der Waals surface area contributed by atoms with Crippen LogP contribution in [0.15, 0.2) is 71.7 Å². The smallest absolute Gasteiger partial charge is 0.274 e. The zero-order valence-electron chi connectivity index (χ0n) is 19.7. The maximum atomic E-state index is 14.5. The number of benzene rings is 2. The summed E-state index contributed by atoms with van der Waals surface area (Å²) in [6.45, 7) is 4.81. The normalized spacial score (nSPS) is 15.5. The van der Waals surface area contributed by atoms with E-state index in [0.717, 1.165) is 24.0 Å². The lowest BCUT2D eigenvalue weighted by molar-refractivity contribution is 0.0719. The van der Waals surface area contributed by atoms with Crippen molar-refractivity contribution in [2.75, 3.05) is 6.54 Å². The number of hydrogen-bond acceptors (Lipinski definition) is 4. The number of carbonyl (C=O) groups excluding carboxylic acids is 1. The lowest BCUT2D eigenvalue weighted by Gasteiger charge is -2.25. The summed E-state index contributed by atoms with van der Waals surface area (Å²) < 4.78 is 16.2. The van der Waals surface area contributed by atoms with Crippen molar-refractivity contribution in [1.29, 1.82) is 0 Å². The average molecular weight is 488 g/mol. The number of pyridine rings is 1. The largest absolute Gasteiger partial charge is 0.332 e. The van der Waals surface area contributed by atoms with Crippen molar-refractivity contribution in [3.05, 3.63) is 99.3 Å². The van der Waals surface area contributed by atoms with Crippen LogP contribution in [0, 0.1) is 19.7 Å². The molecule has 0 spiro atoms. The first-order valence-electron chi connectivity index (χ1n) is 11.7. The molecule has 3 heterocycles. The van der Waals surface area contributed by atoms with E-state index in [1.807, 2.05) is 50.2 Å². The minimum absolute atomic E-state index is 0.0716. The number of hydrogen-bond donors (Lipinski definition) is 0. The van der Waals surface area contributed by atoms with Crippen LogP contribution in [0.25, 0.3) is 21.6 Å². The van der Waals surface area contributed by atoms with Crippen molar-refractivity contribution in [1.82, 2.24) is 14.5 Å². The van der Waals surface area contributed by atoms with Crippen LogP contribution >= 0.6 is 11.3 Å². The minimum Gasteiger partial charge on any atom is -0.332 e. The number of aryl methyl sites for hydroxylation is 2. The average Bonchev–Trinajstić information content (AvgIpc) is 3.47. The van der Waals surface area contributed by atoms with E-state index in [1.165, 1.54) is 17.4 Å². The molecule has 0 unspecified atom stereocenters. The highest BCUT2D eigenvalue weighted by Gasteiger charge is 2.33. The van der Waals surface area contributed by atoms with Gasteiger partial charge in [-0.1, -0.05) is 42.5 Å². The summed E-state index contributed by atoms with van der Waals surface area (Å²) in [7, 11) is 0. The van der Waals surface area contributed by atoms with Crippen molar-refractivity contribution < 1.29 is 9.18 Å². The number of rotatable bonds is 5. The quantitative estimate of drug-likeness (QED) is 0.363. The fourth-order valence-corrected chi connectivity index (χ4v) is 5.75. The van der Waals surface area contributed by atoms with Gasteiger partial charge in [-0.15, -0.1) is 11.3 Å². The summed E-state index contributed by atoms with van der Waals surface area (Å²) in [5.41, 5.74) is 3.21. The number of carbonyl (C=O) groups is 1. The van der Waals surface area contributed by atoms with Crippen LogP contribution in [-0.2, 0) is 6.54 Å². The first-order valence-corrected chi connectivity index (χ1v) is 12.5. The van der Waals surface area contributed by atoms with Gasteiger partial charge in [-0.2, -0.15) is 0 Å². The van der Waals surface area contributed by atoms with Crippen molar-refractivity contribution in [3.8, 4) is 21.6 Å². The van der Waals surface area contributed by atoms with Crippen LogP contribution in [0.5, 0.6) is 0 Å². The predicted octanol–water partition coefficient (Wildman–Crippen LogP) is 5.70. The molecule has 1 fully saturated rings. The van der Waals surface area contributed by atoms with Gasteiger partial charge in [0, 0.05) is 30.4 Å². The lowest BCUT2D eigenvalue weighted by atomic mass is 10.0. The van der Waals surface area contributed by atoms with E-state index < -0.39 is 0 Å². The molecule has 1 atom stereocenters. The Balaban J connectivity index is 1.45. The number of amides is 1. The molecule has 1 saturated heterocycles. The highest BCUT2D eigenvalue weighted by Crippen LogP contribution is 2.34. The number of likely N-dealkylation sites (tertiary alicyclic amines) is 1. The Labute approximate surface area is 207 Å². The van der Waals surface area contributed by atoms with Crippen LogP contribution in [-0.4, -0.2) is 32.9 Å². The van der Waals surface area contributed by atoms with E-state index in [0.29, 0.717) is 34.1 Å². The Kier molecular flexibility index (Phi) is 6.34. The van der Waals surface area contributed by atoms with Gasteiger partial charge in [0.15, 0.2) is 0 Å². The van der Waals surface area contributed by atoms with E-state index in [-0.39, 0.29) is 29.0 Å². The van der Waals surface area contributed by atoms with Crippen LogP contribution in [0.2, 0.25) is 0 Å². The van der Waals surface area contributed by atoms with Gasteiger partial charge in [-0.3, -0.25) is 9.59 Å². The minimum atomic E-state index is -0.372. The predicted molar refractivity (Wildman–Crippen MR) is 137 cm³/mol. The van der Waals surface area contributed by atoms with Gasteiger partial charge in [0.2, 0.25) is 0 Å². The summed E-state index contributed by atoms with van der Waals surface area (Å²) in [6, 6.07) is 17.9. The molecule has 0 N–H and O–H groups in total. The van der Waals surface area contributed by atoms with Gasteiger partial charge < -0.3 is 9.47 Å². The molecule has 0 bridgehead atoms. The van der Waals surface area contributed by atoms with Gasteiger partial charge in [0.1, 0.15) is 11.5 Å². The Morgan fingerprint density at radius 1 is 1.03 bits per heavy atom. The number of nitrogens with zero attached hydrogens (tertiary/aromatic N) is 3. The third-order valence-electron chi connectivity index (χ3n) is 6.56. The van der Waals surface area contributed by atoms with Crippen LogP contribution in [0.4, 0.5) is 4.39 Å². The first kappa shape index (κ1) is 23.2. The Morgan fingerprint density at radius 2 is 1.74 bits per heavy atom. The maximum Gasteiger partial charge on any atom is 0.274 e. The number of halogens is 1. The lowest BCUT2D eigenvalue weighted by Crippen LogP contribution is -2.40. The Hall–Kier alpha value is -3.58. The molecule has 35 heavy (non-hydrogen) atoms. The zero-order chi connectivity index (χ0) is 24.5. The molecule has 2 aromatic heterocycles. The maximum absolute atomic E-state index is 14.5. The Bertz CT molecular complexity index is 1460. The second-order valence-corrected chi connectivity index (χ2v) is 10.1. The molecule has 0 radical (unpaired) electrons. The van der Waals surface area contributed by atoms with E-state index in [9.17, 15) is 14.0 Å². The van der Waals surface area contributed by atoms with Crippen molar-refractivity contribution >= 4 is 17.2 Å². The molecular weight excluding hydrogens is 461 g/mol. The van der Waals surface area contributed by atoms with E-state index in [4.69, 9.17) is 0 Å². The van der Waals surface area contributed by atoms with Gasteiger partial charge in [0.05, 0.1) is 15.9 Å². The van der Waals surface area contributed by atoms with Gasteiger partial charge in [-0.25, -0.2) is 9.37 Å². The molecule has 0 aliphatic carbocycles. The van der Waals surface area contributed by atoms with Gasteiger partial charge in [-0.05, 0) is 56.0 Å². The second kappa shape index (κ2) is 9.58. The van der Waals surface area contributed by atoms with Crippen molar-refractivity contribution in [2.45, 2.75) is 39.3 Å². The molecule has 0 saturated carbocycles. The van der Waals surface area contributed by atoms with Crippen LogP contribution in [0.3, 0.4) is 0 Å². The van der Waals surface area contributed by atoms with E-state index in [2.05, 4.69) is 4.98 Å². The summed E-state index contributed by atoms with van der Waals surface area (Å²) in [5.74, 6) is -0.582. The number of thiazole rings is 1. The van der Waals surface area contributed by atoms with Gasteiger partial charge in [0.25, 0.3) is 11.5 Å². The molecule has 1 aliphatic rings. The molecule has 1 amide bonds. The first-order chi connectivity index (χ1) is 16.9. The monoisotopic (exact) mass is 487 g/mol. The fourth-order valence-electron chi connectivity index (χ4n) is 4.82. The van der Waals surface area contributed by atoms with Crippen LogP contribution in [0.1, 0.15) is 33.9 Å². The van der Waals surface area contributed by atoms with Gasteiger partial charge >= 0.3 is 0 Å². The van der Waals surface area contributed by atoms with Crippen molar-refractivity contribution in [3.63, 3.8) is 0 Å². The number of aromatic nitrogens is 2. The highest BCUT2D eigenvalue weighted by molar-refractivity contribution is 7.15. The molecule has 7 heteroatoms. The molecule has 1 aliphatic heterocycles. The van der Waals surface area contributed by atoms with E-state index in [1.54, 1.807) is 33.9 Å². The fraction of sp³-hybridized carbons (Fsp3) is 0.250. The molecule has 178 valence electrons. The SMILES string of the molecule is Cc1nc(C(=O)N2CCC[C@H]2Cn2cccc(-c3ccccc3C)c2=O)c(-c2ccccc2F)s1. The molecular formula is C28H26FN3O2S. The molecule has 5 rings (SSSR count). The third kappa shape index (κ3) is 4.44. The molecule has 5 nitrogen and oxygen atoms in total. The topological polar surface area (TPSA) is 55.2 Å². The van der Waals surface area contributed by atoms with Crippen LogP contribution < -0.4 is 5.56 Å². The second-order valence-electron chi connectivity index (χ2n) is 8.88. The molecule has 4 aromatic rings. The van der Waals surface area contributed by atoms with Crippen molar-refractivity contribution in [2.24, 2.45) is 0 Å². The zero-order valence-corrected chi connectivity index (χ0v) is 20.5. The van der Waals surface area contributed by atoms with E-state index >= 15 is 0 Å². The molecule has 2 aromatic carbocycles.